The highest BCUT2D eigenvalue weighted by atomic mass is 16.5. The van der Waals surface area contributed by atoms with E-state index in [0.717, 1.165) is 49.4 Å². The maximum absolute atomic E-state index is 11.9. The van der Waals surface area contributed by atoms with E-state index in [0.29, 0.717) is 29.0 Å². The summed E-state index contributed by atoms with van der Waals surface area (Å²) < 4.78 is 5.59. The van der Waals surface area contributed by atoms with Crippen molar-refractivity contribution in [1.29, 1.82) is 0 Å². The van der Waals surface area contributed by atoms with Gasteiger partial charge in [-0.25, -0.2) is 0 Å². The van der Waals surface area contributed by atoms with Gasteiger partial charge in [-0.3, -0.25) is 9.59 Å². The molecule has 3 fully saturated rings. The Hall–Kier alpha value is -1.12. The largest absolute Gasteiger partial charge is 0.462 e. The lowest BCUT2D eigenvalue weighted by Crippen LogP contribution is -2.51. The molecule has 0 aromatic heterocycles. The third kappa shape index (κ3) is 4.04. The molecule has 4 aliphatic carbocycles. The maximum Gasteiger partial charge on any atom is 0.302 e. The molecule has 174 valence electrons. The van der Waals surface area contributed by atoms with Gasteiger partial charge in [-0.1, -0.05) is 39.3 Å². The normalized spacial score (nSPS) is 42.6. The zero-order valence-corrected chi connectivity index (χ0v) is 20.5. The smallest absolute Gasteiger partial charge is 0.302 e. The van der Waals surface area contributed by atoms with Gasteiger partial charge in [0.2, 0.25) is 0 Å². The van der Waals surface area contributed by atoms with Crippen molar-refractivity contribution < 1.29 is 14.3 Å². The Kier molecular flexibility index (Phi) is 6.45. The van der Waals surface area contributed by atoms with Crippen molar-refractivity contribution in [2.45, 2.75) is 111 Å². The molecule has 8 atom stereocenters. The summed E-state index contributed by atoms with van der Waals surface area (Å²) in [5.74, 6) is 4.17. The standard InChI is InChI=1S/C28H44O3/c1-6-21(30)9-7-18(2)24-11-12-25-23-10-8-20-17-22(31-19(3)29)13-15-27(20,4)26(23)14-16-28(24,25)5/h8,18,22-26H,6-7,9-17H2,1-5H3/t18-,22+,23-,24+,25-,26-,27+,28-/m1/s1. The maximum atomic E-state index is 11.9. The Morgan fingerprint density at radius 2 is 1.90 bits per heavy atom. The number of ketones is 1. The van der Waals surface area contributed by atoms with Gasteiger partial charge >= 0.3 is 5.97 Å². The molecule has 4 aliphatic rings. The molecule has 0 aromatic carbocycles. The van der Waals surface area contributed by atoms with Crippen molar-refractivity contribution >= 4 is 11.8 Å². The summed E-state index contributed by atoms with van der Waals surface area (Å²) in [4.78, 5) is 23.4. The zero-order chi connectivity index (χ0) is 22.4. The first-order chi connectivity index (χ1) is 14.7. The first-order valence-corrected chi connectivity index (χ1v) is 13.1. The molecule has 0 N–H and O–H groups in total. The summed E-state index contributed by atoms with van der Waals surface area (Å²) in [6, 6.07) is 0. The molecule has 0 radical (unpaired) electrons. The summed E-state index contributed by atoms with van der Waals surface area (Å²) in [6.45, 7) is 11.1. The Bertz CT molecular complexity index is 739. The van der Waals surface area contributed by atoms with Crippen LogP contribution in [-0.4, -0.2) is 17.9 Å². The van der Waals surface area contributed by atoms with Crippen LogP contribution in [0.25, 0.3) is 0 Å². The fourth-order valence-electron chi connectivity index (χ4n) is 8.70. The lowest BCUT2D eigenvalue weighted by molar-refractivity contribution is -0.148. The molecule has 0 unspecified atom stereocenters. The zero-order valence-electron chi connectivity index (χ0n) is 20.5. The van der Waals surface area contributed by atoms with Crippen LogP contribution < -0.4 is 0 Å². The summed E-state index contributed by atoms with van der Waals surface area (Å²) in [6.07, 6.45) is 15.0. The van der Waals surface area contributed by atoms with Crippen LogP contribution >= 0.6 is 0 Å². The van der Waals surface area contributed by atoms with Gasteiger partial charge in [0.05, 0.1) is 0 Å². The van der Waals surface area contributed by atoms with Crippen molar-refractivity contribution in [2.75, 3.05) is 0 Å². The summed E-state index contributed by atoms with van der Waals surface area (Å²) in [5.41, 5.74) is 2.33. The van der Waals surface area contributed by atoms with Crippen LogP contribution in [0.15, 0.2) is 11.6 Å². The molecular formula is C28H44O3. The van der Waals surface area contributed by atoms with Gasteiger partial charge in [0.1, 0.15) is 11.9 Å². The molecule has 4 rings (SSSR count). The number of fused-ring (bicyclic) bond motifs is 5. The highest BCUT2D eigenvalue weighted by Crippen LogP contribution is 2.67. The Morgan fingerprint density at radius 1 is 1.13 bits per heavy atom. The van der Waals surface area contributed by atoms with E-state index < -0.39 is 0 Å². The first-order valence-electron chi connectivity index (χ1n) is 13.1. The predicted octanol–water partition coefficient (Wildman–Crippen LogP) is 6.89. The SMILES string of the molecule is CCC(=O)CC[C@@H](C)[C@@H]1CC[C@@H]2[C@H]3CC=C4C[C@@H](OC(C)=O)CC[C@]4(C)[C@@H]3CC[C@@]21C. The van der Waals surface area contributed by atoms with Crippen LogP contribution in [0.2, 0.25) is 0 Å². The minimum Gasteiger partial charge on any atom is -0.462 e. The molecule has 3 heteroatoms. The second-order valence-corrected chi connectivity index (χ2v) is 11.9. The van der Waals surface area contributed by atoms with Crippen molar-refractivity contribution in [3.63, 3.8) is 0 Å². The van der Waals surface area contributed by atoms with Crippen LogP contribution in [0.1, 0.15) is 105 Å². The van der Waals surface area contributed by atoms with Gasteiger partial charge in [-0.05, 0) is 91.8 Å². The van der Waals surface area contributed by atoms with E-state index >= 15 is 0 Å². The van der Waals surface area contributed by atoms with E-state index in [9.17, 15) is 9.59 Å². The fraction of sp³-hybridized carbons (Fsp3) is 0.857. The number of hydrogen-bond donors (Lipinski definition) is 0. The molecule has 0 aliphatic heterocycles. The molecule has 31 heavy (non-hydrogen) atoms. The van der Waals surface area contributed by atoms with Crippen LogP contribution in [0.3, 0.4) is 0 Å². The topological polar surface area (TPSA) is 43.4 Å². The average molecular weight is 429 g/mol. The number of carbonyl (C=O) groups is 2. The van der Waals surface area contributed by atoms with E-state index in [2.05, 4.69) is 26.8 Å². The van der Waals surface area contributed by atoms with Gasteiger partial charge in [0.25, 0.3) is 0 Å². The number of allylic oxidation sites excluding steroid dienone is 1. The second kappa shape index (κ2) is 8.67. The van der Waals surface area contributed by atoms with Gasteiger partial charge in [-0.2, -0.15) is 0 Å². The average Bonchev–Trinajstić information content (AvgIpc) is 3.09. The minimum atomic E-state index is -0.136. The quantitative estimate of drug-likeness (QED) is 0.342. The van der Waals surface area contributed by atoms with Crippen LogP contribution in [0, 0.1) is 40.4 Å². The predicted molar refractivity (Wildman–Crippen MR) is 124 cm³/mol. The van der Waals surface area contributed by atoms with Crippen LogP contribution in [-0.2, 0) is 14.3 Å². The molecule has 0 aromatic rings. The van der Waals surface area contributed by atoms with Crippen molar-refractivity contribution in [2.24, 2.45) is 40.4 Å². The van der Waals surface area contributed by atoms with E-state index in [1.165, 1.54) is 45.4 Å². The molecule has 0 spiro atoms. The van der Waals surface area contributed by atoms with E-state index in [1.54, 1.807) is 5.57 Å². The molecule has 3 nitrogen and oxygen atoms in total. The Balaban J connectivity index is 1.48. The van der Waals surface area contributed by atoms with E-state index in [1.807, 2.05) is 6.92 Å². The first kappa shape index (κ1) is 23.1. The summed E-state index contributed by atoms with van der Waals surface area (Å²) in [5, 5.41) is 0. The number of rotatable bonds is 6. The minimum absolute atomic E-state index is 0.0878. The van der Waals surface area contributed by atoms with Gasteiger partial charge in [0, 0.05) is 26.2 Å². The molecular weight excluding hydrogens is 384 g/mol. The van der Waals surface area contributed by atoms with Crippen molar-refractivity contribution in [3.8, 4) is 0 Å². The Morgan fingerprint density at radius 3 is 2.61 bits per heavy atom. The number of hydrogen-bond acceptors (Lipinski definition) is 3. The third-order valence-corrected chi connectivity index (χ3v) is 10.4. The summed E-state index contributed by atoms with van der Waals surface area (Å²) in [7, 11) is 0. The molecule has 0 bridgehead atoms. The van der Waals surface area contributed by atoms with Crippen LogP contribution in [0.4, 0.5) is 0 Å². The molecule has 0 amide bonds. The van der Waals surface area contributed by atoms with Gasteiger partial charge in [-0.15, -0.1) is 0 Å². The lowest BCUT2D eigenvalue weighted by Gasteiger charge is -2.58. The number of esters is 1. The highest BCUT2D eigenvalue weighted by molar-refractivity contribution is 5.77. The van der Waals surface area contributed by atoms with Gasteiger partial charge < -0.3 is 4.74 Å². The molecule has 3 saturated carbocycles. The number of carbonyl (C=O) groups excluding carboxylic acids is 2. The van der Waals surface area contributed by atoms with Crippen LogP contribution in [0.5, 0.6) is 0 Å². The highest BCUT2D eigenvalue weighted by Gasteiger charge is 2.59. The summed E-state index contributed by atoms with van der Waals surface area (Å²) >= 11 is 0. The lowest BCUT2D eigenvalue weighted by atomic mass is 9.47. The Labute approximate surface area is 189 Å². The monoisotopic (exact) mass is 428 g/mol. The fourth-order valence-corrected chi connectivity index (χ4v) is 8.70. The number of ether oxygens (including phenoxy) is 1. The van der Waals surface area contributed by atoms with E-state index in [4.69, 9.17) is 4.74 Å². The molecule has 0 saturated heterocycles. The van der Waals surface area contributed by atoms with Gasteiger partial charge in [0.15, 0.2) is 0 Å². The molecule has 0 heterocycles. The second-order valence-electron chi connectivity index (χ2n) is 11.9. The van der Waals surface area contributed by atoms with E-state index in [-0.39, 0.29) is 12.1 Å². The third-order valence-electron chi connectivity index (χ3n) is 10.4. The number of Topliss-reactive ketones (excluding diaryl/α,β-unsaturated/α-hetero) is 1. The van der Waals surface area contributed by atoms with Crippen molar-refractivity contribution in [3.05, 3.63) is 11.6 Å². The van der Waals surface area contributed by atoms with Crippen molar-refractivity contribution in [1.82, 2.24) is 0 Å².